The second kappa shape index (κ2) is 8.75. The number of carbonyl (C=O) groups is 1. The first-order valence-corrected chi connectivity index (χ1v) is 7.87. The Morgan fingerprint density at radius 2 is 2.26 bits per heavy atom. The van der Waals surface area contributed by atoms with Crippen LogP contribution in [0.3, 0.4) is 0 Å². The molecule has 1 N–H and O–H groups in total. The highest BCUT2D eigenvalue weighted by Crippen LogP contribution is 2.27. The summed E-state index contributed by atoms with van der Waals surface area (Å²) in [5.41, 5.74) is 3.30. The molecule has 0 saturated carbocycles. The molecule has 1 aromatic carbocycles. The molecular weight excluding hydrogens is 312 g/mol. The second-order valence-corrected chi connectivity index (χ2v) is 5.59. The van der Waals surface area contributed by atoms with E-state index in [1.807, 2.05) is 23.6 Å². The van der Waals surface area contributed by atoms with Gasteiger partial charge in [-0.3, -0.25) is 4.79 Å². The van der Waals surface area contributed by atoms with Crippen molar-refractivity contribution < 1.29 is 14.3 Å². The van der Waals surface area contributed by atoms with Gasteiger partial charge in [0.05, 0.1) is 19.7 Å². The fourth-order valence-electron chi connectivity index (χ4n) is 1.82. The van der Waals surface area contributed by atoms with E-state index in [1.54, 1.807) is 42.9 Å². The molecule has 0 bridgehead atoms. The molecule has 1 heterocycles. The molecule has 0 spiro atoms. The van der Waals surface area contributed by atoms with Crippen LogP contribution < -0.4 is 14.9 Å². The first-order valence-electron chi connectivity index (χ1n) is 6.99. The zero-order valence-corrected chi connectivity index (χ0v) is 13.6. The third-order valence-electron chi connectivity index (χ3n) is 2.86. The molecule has 2 aromatic rings. The van der Waals surface area contributed by atoms with E-state index in [0.717, 1.165) is 10.4 Å². The summed E-state index contributed by atoms with van der Waals surface area (Å²) in [5.74, 6) is 1.08. The molecule has 120 valence electrons. The van der Waals surface area contributed by atoms with Gasteiger partial charge in [-0.15, -0.1) is 11.3 Å². The summed E-state index contributed by atoms with van der Waals surface area (Å²) in [6.07, 6.45) is 3.55. The Morgan fingerprint density at radius 3 is 2.96 bits per heavy atom. The zero-order chi connectivity index (χ0) is 16.5. The van der Waals surface area contributed by atoms with Crippen LogP contribution in [0.25, 0.3) is 0 Å². The third kappa shape index (κ3) is 5.27. The number of ether oxygens (including phenoxy) is 2. The molecule has 0 saturated heterocycles. The molecule has 0 radical (unpaired) electrons. The molecule has 0 fully saturated rings. The number of rotatable bonds is 8. The Balaban J connectivity index is 1.93. The quantitative estimate of drug-likeness (QED) is 0.460. The number of hydrazone groups is 1. The van der Waals surface area contributed by atoms with Crippen LogP contribution in [-0.2, 0) is 11.2 Å². The minimum absolute atomic E-state index is 0.151. The van der Waals surface area contributed by atoms with E-state index < -0.39 is 0 Å². The molecule has 0 aliphatic carbocycles. The number of carbonyl (C=O) groups excluding carboxylic acids is 1. The number of hydrogen-bond acceptors (Lipinski definition) is 5. The topological polar surface area (TPSA) is 59.9 Å². The van der Waals surface area contributed by atoms with Crippen molar-refractivity contribution in [3.63, 3.8) is 0 Å². The van der Waals surface area contributed by atoms with Gasteiger partial charge in [-0.1, -0.05) is 18.7 Å². The molecule has 1 amide bonds. The van der Waals surface area contributed by atoms with Crippen LogP contribution in [0.5, 0.6) is 11.5 Å². The Hall–Kier alpha value is -2.60. The van der Waals surface area contributed by atoms with E-state index in [2.05, 4.69) is 17.1 Å². The van der Waals surface area contributed by atoms with E-state index in [0.29, 0.717) is 24.5 Å². The molecule has 6 heteroatoms. The van der Waals surface area contributed by atoms with E-state index in [1.165, 1.54) is 0 Å². The lowest BCUT2D eigenvalue weighted by molar-refractivity contribution is -0.120. The van der Waals surface area contributed by atoms with E-state index in [9.17, 15) is 4.79 Å². The Morgan fingerprint density at radius 1 is 1.39 bits per heavy atom. The van der Waals surface area contributed by atoms with Crippen molar-refractivity contribution in [2.24, 2.45) is 5.10 Å². The largest absolute Gasteiger partial charge is 0.493 e. The van der Waals surface area contributed by atoms with E-state index in [-0.39, 0.29) is 5.91 Å². The number of methoxy groups -OCH3 is 1. The summed E-state index contributed by atoms with van der Waals surface area (Å²) in [6, 6.07) is 9.24. The van der Waals surface area contributed by atoms with Crippen molar-refractivity contribution in [2.45, 2.75) is 6.42 Å². The van der Waals surface area contributed by atoms with Gasteiger partial charge in [0.1, 0.15) is 6.61 Å². The summed E-state index contributed by atoms with van der Waals surface area (Å²) < 4.78 is 10.8. The predicted octanol–water partition coefficient (Wildman–Crippen LogP) is 3.01. The first-order chi connectivity index (χ1) is 11.2. The smallest absolute Gasteiger partial charge is 0.245 e. The minimum Gasteiger partial charge on any atom is -0.493 e. The third-order valence-corrected chi connectivity index (χ3v) is 3.74. The van der Waals surface area contributed by atoms with Gasteiger partial charge < -0.3 is 9.47 Å². The summed E-state index contributed by atoms with van der Waals surface area (Å²) in [7, 11) is 1.57. The maximum Gasteiger partial charge on any atom is 0.245 e. The van der Waals surface area contributed by atoms with Crippen LogP contribution in [0.15, 0.2) is 53.5 Å². The van der Waals surface area contributed by atoms with Crippen molar-refractivity contribution in [2.75, 3.05) is 13.7 Å². The van der Waals surface area contributed by atoms with Crippen molar-refractivity contribution in [3.05, 3.63) is 58.8 Å². The van der Waals surface area contributed by atoms with Crippen LogP contribution >= 0.6 is 11.3 Å². The lowest BCUT2D eigenvalue weighted by atomic mass is 10.2. The molecule has 2 rings (SSSR count). The standard InChI is InChI=1S/C17H18N2O3S/c1-3-8-22-15-7-6-13(10-16(15)21-2)12-18-19-17(20)11-14-5-4-9-23-14/h3-7,9-10,12H,1,8,11H2,2H3,(H,19,20)/b18-12+. The van der Waals surface area contributed by atoms with Gasteiger partial charge in [0, 0.05) is 4.88 Å². The number of nitrogens with one attached hydrogen (secondary N) is 1. The lowest BCUT2D eigenvalue weighted by Gasteiger charge is -2.09. The van der Waals surface area contributed by atoms with Gasteiger partial charge in [-0.25, -0.2) is 5.43 Å². The number of hydrogen-bond donors (Lipinski definition) is 1. The van der Waals surface area contributed by atoms with Gasteiger partial charge in [-0.2, -0.15) is 5.10 Å². The SMILES string of the molecule is C=CCOc1ccc(/C=N/NC(=O)Cc2cccs2)cc1OC. The maximum atomic E-state index is 11.7. The average Bonchev–Trinajstić information content (AvgIpc) is 3.06. The molecule has 1 aromatic heterocycles. The number of amides is 1. The number of thiophene rings is 1. The van der Waals surface area contributed by atoms with E-state index in [4.69, 9.17) is 9.47 Å². The normalized spacial score (nSPS) is 10.5. The minimum atomic E-state index is -0.151. The summed E-state index contributed by atoms with van der Waals surface area (Å²) >= 11 is 1.54. The van der Waals surface area contributed by atoms with Crippen LogP contribution in [0, 0.1) is 0 Å². The predicted molar refractivity (Wildman–Crippen MR) is 92.4 cm³/mol. The highest BCUT2D eigenvalue weighted by molar-refractivity contribution is 7.10. The molecular formula is C17H18N2O3S. The Bertz CT molecular complexity index is 681. The maximum absolute atomic E-state index is 11.7. The molecule has 5 nitrogen and oxygen atoms in total. The number of benzene rings is 1. The summed E-state index contributed by atoms with van der Waals surface area (Å²) in [6.45, 7) is 4.01. The van der Waals surface area contributed by atoms with Gasteiger partial charge in [0.15, 0.2) is 11.5 Å². The van der Waals surface area contributed by atoms with Crippen molar-refractivity contribution in [1.29, 1.82) is 0 Å². The van der Waals surface area contributed by atoms with Crippen molar-refractivity contribution in [3.8, 4) is 11.5 Å². The van der Waals surface area contributed by atoms with Crippen LogP contribution in [0.2, 0.25) is 0 Å². The van der Waals surface area contributed by atoms with Gasteiger partial charge in [0.2, 0.25) is 5.91 Å². The van der Waals surface area contributed by atoms with Gasteiger partial charge in [-0.05, 0) is 35.2 Å². The van der Waals surface area contributed by atoms with Crippen LogP contribution in [-0.4, -0.2) is 25.8 Å². The lowest BCUT2D eigenvalue weighted by Crippen LogP contribution is -2.19. The highest BCUT2D eigenvalue weighted by Gasteiger charge is 2.05. The Kier molecular flexibility index (Phi) is 6.38. The van der Waals surface area contributed by atoms with Crippen LogP contribution in [0.4, 0.5) is 0 Å². The van der Waals surface area contributed by atoms with Crippen molar-refractivity contribution in [1.82, 2.24) is 5.43 Å². The zero-order valence-electron chi connectivity index (χ0n) is 12.8. The van der Waals surface area contributed by atoms with Gasteiger partial charge in [0.25, 0.3) is 0 Å². The molecule has 0 unspecified atom stereocenters. The first kappa shape index (κ1) is 16.8. The summed E-state index contributed by atoms with van der Waals surface area (Å²) in [5, 5.41) is 5.90. The second-order valence-electron chi connectivity index (χ2n) is 4.56. The molecule has 23 heavy (non-hydrogen) atoms. The molecule has 0 aliphatic rings. The Labute approximate surface area is 139 Å². The monoisotopic (exact) mass is 330 g/mol. The average molecular weight is 330 g/mol. The summed E-state index contributed by atoms with van der Waals surface area (Å²) in [4.78, 5) is 12.7. The molecule has 0 atom stereocenters. The highest BCUT2D eigenvalue weighted by atomic mass is 32.1. The van der Waals surface area contributed by atoms with Crippen molar-refractivity contribution >= 4 is 23.5 Å². The fourth-order valence-corrected chi connectivity index (χ4v) is 2.53. The van der Waals surface area contributed by atoms with E-state index >= 15 is 0 Å². The van der Waals surface area contributed by atoms with Crippen LogP contribution in [0.1, 0.15) is 10.4 Å². The fraction of sp³-hybridized carbons (Fsp3) is 0.176. The van der Waals surface area contributed by atoms with Gasteiger partial charge >= 0.3 is 0 Å². The number of nitrogens with zero attached hydrogens (tertiary/aromatic N) is 1. The molecule has 0 aliphatic heterocycles.